The quantitative estimate of drug-likeness (QED) is 0.669. The Kier molecular flexibility index (Phi) is 12.2. The van der Waals surface area contributed by atoms with Crippen molar-refractivity contribution in [3.63, 3.8) is 0 Å². The molecule has 110 valence electrons. The van der Waals surface area contributed by atoms with E-state index in [4.69, 9.17) is 35.9 Å². The summed E-state index contributed by atoms with van der Waals surface area (Å²) in [7, 11) is 0. The fraction of sp³-hybridized carbons (Fsp3) is 0.900. The molecular formula is C10H20N2O5Pt. The summed E-state index contributed by atoms with van der Waals surface area (Å²) in [6.45, 7) is 3.62. The maximum Gasteiger partial charge on any atom is 2.00 e. The second kappa shape index (κ2) is 10.8. The van der Waals surface area contributed by atoms with Gasteiger partial charge in [0.25, 0.3) is 0 Å². The van der Waals surface area contributed by atoms with Gasteiger partial charge < -0.3 is 31.2 Å². The third-order valence-electron chi connectivity index (χ3n) is 2.11. The molecule has 2 atom stereocenters. The van der Waals surface area contributed by atoms with E-state index in [1.54, 1.807) is 0 Å². The largest absolute Gasteiger partial charge is 2.00 e. The molecule has 8 heteroatoms. The Morgan fingerprint density at radius 2 is 1.56 bits per heavy atom. The smallest absolute Gasteiger partial charge is 0.675 e. The summed E-state index contributed by atoms with van der Waals surface area (Å²) >= 11 is 0. The standard InChI is InChI=1S/C8H16N2O2.C2H4O3.Pt/c1-5(2)8-11-6(3-9)7(4-10)12-8;3-1-2(4)5;/h5-10H,3-4H2,1-2H3;3H,1H2,(H,4,5);/q-2;;+2/t6-,7-;;/m1../s1. The number of rotatable bonds is 4. The van der Waals surface area contributed by atoms with Crippen molar-refractivity contribution in [2.24, 2.45) is 5.92 Å². The molecule has 1 saturated heterocycles. The summed E-state index contributed by atoms with van der Waals surface area (Å²) in [4.78, 5) is 9.12. The van der Waals surface area contributed by atoms with Crippen LogP contribution in [-0.2, 0) is 35.3 Å². The van der Waals surface area contributed by atoms with Crippen molar-refractivity contribution < 1.29 is 45.5 Å². The van der Waals surface area contributed by atoms with Crippen LogP contribution in [0, 0.1) is 5.92 Å². The molecule has 0 amide bonds. The number of aliphatic hydroxyl groups is 1. The predicted molar refractivity (Wildman–Crippen MR) is 61.5 cm³/mol. The number of aliphatic hydroxyl groups excluding tert-OH is 1. The molecule has 0 aromatic carbocycles. The maximum atomic E-state index is 9.12. The molecule has 0 saturated carbocycles. The number of ether oxygens (including phenoxy) is 2. The van der Waals surface area contributed by atoms with Crippen LogP contribution in [0.1, 0.15) is 13.8 Å². The number of nitrogens with one attached hydrogen (secondary N) is 2. The number of aliphatic carboxylic acids is 1. The van der Waals surface area contributed by atoms with Crippen molar-refractivity contribution in [1.29, 1.82) is 0 Å². The zero-order valence-electron chi connectivity index (χ0n) is 10.4. The average Bonchev–Trinajstić information content (AvgIpc) is 2.72. The molecule has 0 aliphatic carbocycles. The summed E-state index contributed by atoms with van der Waals surface area (Å²) in [5.74, 6) is -0.888. The van der Waals surface area contributed by atoms with Crippen LogP contribution in [0.3, 0.4) is 0 Å². The first-order valence-electron chi connectivity index (χ1n) is 5.39. The molecule has 4 N–H and O–H groups in total. The van der Waals surface area contributed by atoms with Crippen LogP contribution in [0.4, 0.5) is 0 Å². The summed E-state index contributed by atoms with van der Waals surface area (Å²) in [6.07, 6.45) is -0.611. The molecule has 7 nitrogen and oxygen atoms in total. The first-order valence-corrected chi connectivity index (χ1v) is 5.39. The van der Waals surface area contributed by atoms with Crippen LogP contribution in [0.5, 0.6) is 0 Å². The predicted octanol–water partition coefficient (Wildman–Crippen LogP) is 0.918. The molecule has 0 unspecified atom stereocenters. The van der Waals surface area contributed by atoms with Crippen molar-refractivity contribution in [1.82, 2.24) is 0 Å². The van der Waals surface area contributed by atoms with Crippen molar-refractivity contribution in [2.75, 3.05) is 19.7 Å². The van der Waals surface area contributed by atoms with E-state index in [-0.39, 0.29) is 52.7 Å². The van der Waals surface area contributed by atoms with Crippen molar-refractivity contribution in [2.45, 2.75) is 32.3 Å². The summed E-state index contributed by atoms with van der Waals surface area (Å²) in [5, 5.41) is 15.0. The van der Waals surface area contributed by atoms with Gasteiger partial charge in [-0.3, -0.25) is 0 Å². The minimum atomic E-state index is -1.19. The molecule has 0 aromatic heterocycles. The zero-order valence-corrected chi connectivity index (χ0v) is 12.6. The van der Waals surface area contributed by atoms with Gasteiger partial charge in [0.1, 0.15) is 6.61 Å². The Bertz CT molecular complexity index is 218. The van der Waals surface area contributed by atoms with E-state index in [1.165, 1.54) is 0 Å². The fourth-order valence-electron chi connectivity index (χ4n) is 1.23. The van der Waals surface area contributed by atoms with Gasteiger partial charge in [0.2, 0.25) is 0 Å². The maximum absolute atomic E-state index is 9.12. The van der Waals surface area contributed by atoms with Gasteiger partial charge in [0, 0.05) is 5.92 Å². The molecule has 18 heavy (non-hydrogen) atoms. The first kappa shape index (κ1) is 20.3. The van der Waals surface area contributed by atoms with Gasteiger partial charge >= 0.3 is 27.0 Å². The van der Waals surface area contributed by atoms with Crippen LogP contribution < -0.4 is 0 Å². The number of hydrogen-bond donors (Lipinski definition) is 2. The monoisotopic (exact) mass is 443 g/mol. The van der Waals surface area contributed by atoms with E-state index in [1.807, 2.05) is 13.8 Å². The Hall–Kier alpha value is -0.0417. The number of carbonyl (C=O) groups is 1. The second-order valence-corrected chi connectivity index (χ2v) is 3.92. The molecule has 1 fully saturated rings. The molecule has 0 spiro atoms. The van der Waals surface area contributed by atoms with Crippen molar-refractivity contribution >= 4 is 5.97 Å². The van der Waals surface area contributed by atoms with Gasteiger partial charge in [-0.05, 0) is 0 Å². The van der Waals surface area contributed by atoms with E-state index in [9.17, 15) is 0 Å². The van der Waals surface area contributed by atoms with Gasteiger partial charge in [-0.25, -0.2) is 4.79 Å². The fourth-order valence-corrected chi connectivity index (χ4v) is 1.23. The van der Waals surface area contributed by atoms with Gasteiger partial charge in [0.15, 0.2) is 6.29 Å². The third kappa shape index (κ3) is 7.41. The van der Waals surface area contributed by atoms with Gasteiger partial charge in [0.05, 0.1) is 12.2 Å². The minimum absolute atomic E-state index is 0. The van der Waals surface area contributed by atoms with Crippen LogP contribution >= 0.6 is 0 Å². The van der Waals surface area contributed by atoms with E-state index in [2.05, 4.69) is 0 Å². The molecule has 0 radical (unpaired) electrons. The van der Waals surface area contributed by atoms with Gasteiger partial charge in [-0.15, -0.1) is 13.1 Å². The van der Waals surface area contributed by atoms with Crippen LogP contribution in [0.15, 0.2) is 0 Å². The molecular weight excluding hydrogens is 423 g/mol. The Balaban J connectivity index is 0. The Labute approximate surface area is 121 Å². The summed E-state index contributed by atoms with van der Waals surface area (Å²) in [6, 6.07) is 0. The SMILES string of the molecule is CC(C)C1O[C@H](C[NH-])[C@@H](C[NH-])O1.O=C(O)CO.[Pt+2]. The van der Waals surface area contributed by atoms with Crippen molar-refractivity contribution in [3.05, 3.63) is 11.5 Å². The van der Waals surface area contributed by atoms with Crippen LogP contribution in [0.25, 0.3) is 11.5 Å². The molecule has 1 aliphatic heterocycles. The minimum Gasteiger partial charge on any atom is -0.675 e. The second-order valence-electron chi connectivity index (χ2n) is 3.92. The van der Waals surface area contributed by atoms with E-state index in [0.717, 1.165) is 0 Å². The number of carboxylic acid groups (broad SMARTS) is 1. The third-order valence-corrected chi connectivity index (χ3v) is 2.11. The van der Waals surface area contributed by atoms with Crippen molar-refractivity contribution in [3.8, 4) is 0 Å². The Morgan fingerprint density at radius 3 is 1.72 bits per heavy atom. The molecule has 1 rings (SSSR count). The molecule has 1 heterocycles. The molecule has 1 aliphatic rings. The Morgan fingerprint density at radius 1 is 1.22 bits per heavy atom. The topological polar surface area (TPSA) is 124 Å². The number of carboxylic acids is 1. The van der Waals surface area contributed by atoms with E-state index < -0.39 is 12.6 Å². The molecule has 0 bridgehead atoms. The summed E-state index contributed by atoms with van der Waals surface area (Å²) in [5.41, 5.74) is 14.4. The van der Waals surface area contributed by atoms with E-state index in [0.29, 0.717) is 5.92 Å². The normalized spacial score (nSPS) is 23.2. The van der Waals surface area contributed by atoms with E-state index >= 15 is 0 Å². The van der Waals surface area contributed by atoms with Gasteiger partial charge in [-0.1, -0.05) is 13.8 Å². The first-order chi connectivity index (χ1) is 7.96. The average molecular weight is 443 g/mol. The van der Waals surface area contributed by atoms with Crippen LogP contribution in [-0.4, -0.2) is 54.4 Å². The molecule has 0 aromatic rings. The van der Waals surface area contributed by atoms with Crippen LogP contribution in [0.2, 0.25) is 0 Å². The zero-order chi connectivity index (χ0) is 13.4. The van der Waals surface area contributed by atoms with Gasteiger partial charge in [-0.2, -0.15) is 0 Å². The number of hydrogen-bond acceptors (Lipinski definition) is 4. The summed E-state index contributed by atoms with van der Waals surface area (Å²) < 4.78 is 10.9.